The molecule has 4 aromatic rings. The van der Waals surface area contributed by atoms with E-state index in [1.807, 2.05) is 87.5 Å². The summed E-state index contributed by atoms with van der Waals surface area (Å²) in [6, 6.07) is 21.1. The van der Waals surface area contributed by atoms with Crippen molar-refractivity contribution in [3.8, 4) is 22.8 Å². The fraction of sp³-hybridized carbons (Fsp3) is 0.160. The van der Waals surface area contributed by atoms with E-state index in [4.69, 9.17) is 4.74 Å². The molecule has 0 aliphatic heterocycles. The third-order valence-electron chi connectivity index (χ3n) is 5.07. The van der Waals surface area contributed by atoms with Crippen LogP contribution in [0.5, 0.6) is 5.75 Å². The molecule has 1 aromatic heterocycles. The van der Waals surface area contributed by atoms with Crippen molar-refractivity contribution in [3.05, 3.63) is 88.2 Å². The molecule has 0 bridgehead atoms. The summed E-state index contributed by atoms with van der Waals surface area (Å²) in [5.74, 6) is 1.08. The molecule has 3 aromatic carbocycles. The van der Waals surface area contributed by atoms with E-state index in [1.165, 1.54) is 5.56 Å². The van der Waals surface area contributed by atoms with Crippen molar-refractivity contribution in [1.29, 1.82) is 0 Å². The first-order valence-corrected chi connectivity index (χ1v) is 11.1. The van der Waals surface area contributed by atoms with Crippen LogP contribution in [0, 0.1) is 13.8 Å². The van der Waals surface area contributed by atoms with Gasteiger partial charge in [-0.1, -0.05) is 34.1 Å². The monoisotopic (exact) mass is 490 g/mol. The van der Waals surface area contributed by atoms with E-state index in [1.54, 1.807) is 4.68 Å². The zero-order chi connectivity index (χ0) is 22.7. The lowest BCUT2D eigenvalue weighted by Gasteiger charge is -2.08. The molecule has 0 saturated carbocycles. The molecule has 0 aliphatic rings. The molecule has 0 radical (unpaired) electrons. The summed E-state index contributed by atoms with van der Waals surface area (Å²) in [6.07, 6.45) is 0. The number of hydrogen-bond donors (Lipinski definition) is 1. The molecule has 0 saturated heterocycles. The smallest absolute Gasteiger partial charge is 0.295 e. The minimum absolute atomic E-state index is 0.0926. The number of aromatic nitrogens is 3. The van der Waals surface area contributed by atoms with E-state index >= 15 is 0 Å². The molecule has 0 unspecified atom stereocenters. The van der Waals surface area contributed by atoms with Crippen LogP contribution in [-0.4, -0.2) is 27.3 Å². The van der Waals surface area contributed by atoms with E-state index in [0.717, 1.165) is 27.0 Å². The highest BCUT2D eigenvalue weighted by Gasteiger charge is 2.19. The van der Waals surface area contributed by atoms with Crippen LogP contribution in [0.2, 0.25) is 0 Å². The average molecular weight is 491 g/mol. The molecule has 7 heteroatoms. The summed E-state index contributed by atoms with van der Waals surface area (Å²) < 4.78 is 8.17. The van der Waals surface area contributed by atoms with E-state index < -0.39 is 0 Å². The van der Waals surface area contributed by atoms with Gasteiger partial charge in [0.2, 0.25) is 5.82 Å². The number of benzene rings is 3. The van der Waals surface area contributed by atoms with Gasteiger partial charge in [0.1, 0.15) is 5.75 Å². The van der Waals surface area contributed by atoms with E-state index in [9.17, 15) is 4.79 Å². The number of nitrogens with one attached hydrogen (secondary N) is 1. The van der Waals surface area contributed by atoms with Gasteiger partial charge in [0.05, 0.1) is 12.3 Å². The number of anilines is 1. The van der Waals surface area contributed by atoms with E-state index in [-0.39, 0.29) is 11.7 Å². The van der Waals surface area contributed by atoms with Crippen molar-refractivity contribution in [2.24, 2.45) is 0 Å². The number of aryl methyl sites for hydroxylation is 2. The Morgan fingerprint density at radius 2 is 1.72 bits per heavy atom. The summed E-state index contributed by atoms with van der Waals surface area (Å²) in [4.78, 5) is 17.5. The van der Waals surface area contributed by atoms with Gasteiger partial charge in [-0.25, -0.2) is 9.67 Å². The molecule has 4 rings (SSSR count). The second-order valence-corrected chi connectivity index (χ2v) is 8.27. The molecule has 1 heterocycles. The minimum atomic E-state index is -0.365. The Balaban J connectivity index is 1.72. The molecular formula is C25H23BrN4O2. The predicted octanol–water partition coefficient (Wildman–Crippen LogP) is 5.96. The first-order valence-electron chi connectivity index (χ1n) is 10.3. The molecule has 0 atom stereocenters. The molecular weight excluding hydrogens is 468 g/mol. The Labute approximate surface area is 195 Å². The number of hydrogen-bond acceptors (Lipinski definition) is 4. The van der Waals surface area contributed by atoms with Crippen molar-refractivity contribution in [3.63, 3.8) is 0 Å². The Morgan fingerprint density at radius 3 is 2.38 bits per heavy atom. The highest BCUT2D eigenvalue weighted by atomic mass is 79.9. The lowest BCUT2D eigenvalue weighted by Crippen LogP contribution is -2.14. The van der Waals surface area contributed by atoms with Gasteiger partial charge in [0.25, 0.3) is 5.91 Å². The molecule has 6 nitrogen and oxygen atoms in total. The van der Waals surface area contributed by atoms with Crippen LogP contribution < -0.4 is 10.1 Å². The highest BCUT2D eigenvalue weighted by molar-refractivity contribution is 9.10. The second-order valence-electron chi connectivity index (χ2n) is 7.36. The number of carbonyl (C=O) groups excluding carboxylic acids is 1. The van der Waals surface area contributed by atoms with Crippen LogP contribution in [0.1, 0.15) is 28.7 Å². The lowest BCUT2D eigenvalue weighted by atomic mass is 10.1. The molecule has 1 amide bonds. The third-order valence-corrected chi connectivity index (χ3v) is 5.60. The van der Waals surface area contributed by atoms with E-state index in [0.29, 0.717) is 18.1 Å². The van der Waals surface area contributed by atoms with Crippen LogP contribution in [-0.2, 0) is 0 Å². The molecule has 1 N–H and O–H groups in total. The minimum Gasteiger partial charge on any atom is -0.494 e. The van der Waals surface area contributed by atoms with Crippen LogP contribution >= 0.6 is 15.9 Å². The first-order chi connectivity index (χ1) is 15.4. The van der Waals surface area contributed by atoms with Gasteiger partial charge in [0, 0.05) is 15.7 Å². The highest BCUT2D eigenvalue weighted by Crippen LogP contribution is 2.25. The van der Waals surface area contributed by atoms with Gasteiger partial charge in [-0.2, -0.15) is 0 Å². The molecule has 162 valence electrons. The lowest BCUT2D eigenvalue weighted by molar-refractivity contribution is 0.101. The Morgan fingerprint density at radius 1 is 1.00 bits per heavy atom. The Bertz CT molecular complexity index is 1250. The van der Waals surface area contributed by atoms with Gasteiger partial charge in [-0.15, -0.1) is 5.10 Å². The summed E-state index contributed by atoms with van der Waals surface area (Å²) in [6.45, 7) is 6.58. The maximum atomic E-state index is 13.0. The molecule has 0 fully saturated rings. The zero-order valence-electron chi connectivity index (χ0n) is 18.1. The van der Waals surface area contributed by atoms with Crippen LogP contribution in [0.3, 0.4) is 0 Å². The number of rotatable bonds is 6. The maximum absolute atomic E-state index is 13.0. The zero-order valence-corrected chi connectivity index (χ0v) is 19.7. The van der Waals surface area contributed by atoms with Crippen LogP contribution in [0.25, 0.3) is 17.1 Å². The number of halogens is 1. The summed E-state index contributed by atoms with van der Waals surface area (Å²) in [5.41, 5.74) is 4.61. The maximum Gasteiger partial charge on any atom is 0.295 e. The number of carbonyl (C=O) groups is 1. The summed E-state index contributed by atoms with van der Waals surface area (Å²) >= 11 is 3.46. The topological polar surface area (TPSA) is 69.0 Å². The quantitative estimate of drug-likeness (QED) is 0.361. The van der Waals surface area contributed by atoms with Crippen molar-refractivity contribution in [1.82, 2.24) is 14.8 Å². The standard InChI is InChI=1S/C25H23BrN4O2/c1-4-32-22-13-11-21(12-14-22)30-24(18-6-8-19(26)9-7-18)28-23(29-30)25(31)27-20-10-5-16(2)17(3)15-20/h5-15H,4H2,1-3H3,(H,27,31). The first kappa shape index (κ1) is 21.8. The largest absolute Gasteiger partial charge is 0.494 e. The van der Waals surface area contributed by atoms with Gasteiger partial charge in [-0.3, -0.25) is 4.79 Å². The summed E-state index contributed by atoms with van der Waals surface area (Å²) in [5, 5.41) is 7.43. The average Bonchev–Trinajstić information content (AvgIpc) is 3.23. The summed E-state index contributed by atoms with van der Waals surface area (Å²) in [7, 11) is 0. The van der Waals surface area contributed by atoms with Crippen LogP contribution in [0.15, 0.2) is 71.2 Å². The van der Waals surface area contributed by atoms with Crippen LogP contribution in [0.4, 0.5) is 5.69 Å². The Kier molecular flexibility index (Phi) is 6.37. The van der Waals surface area contributed by atoms with Gasteiger partial charge < -0.3 is 10.1 Å². The van der Waals surface area contributed by atoms with Crippen molar-refractivity contribution >= 4 is 27.5 Å². The number of nitrogens with zero attached hydrogens (tertiary/aromatic N) is 3. The Hall–Kier alpha value is -3.45. The van der Waals surface area contributed by atoms with Gasteiger partial charge in [0.15, 0.2) is 5.82 Å². The second kappa shape index (κ2) is 9.36. The number of amides is 1. The fourth-order valence-corrected chi connectivity index (χ4v) is 3.49. The predicted molar refractivity (Wildman–Crippen MR) is 130 cm³/mol. The van der Waals surface area contributed by atoms with Crippen molar-refractivity contribution in [2.45, 2.75) is 20.8 Å². The fourth-order valence-electron chi connectivity index (χ4n) is 3.23. The van der Waals surface area contributed by atoms with Crippen molar-refractivity contribution in [2.75, 3.05) is 11.9 Å². The third kappa shape index (κ3) is 4.73. The van der Waals surface area contributed by atoms with E-state index in [2.05, 4.69) is 31.3 Å². The van der Waals surface area contributed by atoms with Gasteiger partial charge >= 0.3 is 0 Å². The molecule has 0 aliphatic carbocycles. The normalized spacial score (nSPS) is 10.8. The van der Waals surface area contributed by atoms with Gasteiger partial charge in [-0.05, 0) is 80.4 Å². The molecule has 0 spiro atoms. The van der Waals surface area contributed by atoms with Crippen molar-refractivity contribution < 1.29 is 9.53 Å². The number of ether oxygens (including phenoxy) is 1. The SMILES string of the molecule is CCOc1ccc(-n2nc(C(=O)Nc3ccc(C)c(C)c3)nc2-c2ccc(Br)cc2)cc1. The molecule has 32 heavy (non-hydrogen) atoms.